The van der Waals surface area contributed by atoms with E-state index in [2.05, 4.69) is 61.8 Å². The van der Waals surface area contributed by atoms with E-state index < -0.39 is 0 Å². The molecule has 21 heavy (non-hydrogen) atoms. The molecule has 118 valence electrons. The van der Waals surface area contributed by atoms with Crippen LogP contribution in [0.2, 0.25) is 0 Å². The number of hydrogen-bond donors (Lipinski definition) is 1. The highest BCUT2D eigenvalue weighted by molar-refractivity contribution is 5.27. The summed E-state index contributed by atoms with van der Waals surface area (Å²) < 4.78 is 0. The average molecular weight is 290 g/mol. The van der Waals surface area contributed by atoms with Crippen LogP contribution in [0, 0.1) is 0 Å². The summed E-state index contributed by atoms with van der Waals surface area (Å²) in [6.07, 6.45) is 0. The molecule has 1 saturated heterocycles. The number of rotatable bonds is 5. The van der Waals surface area contributed by atoms with Crippen molar-refractivity contribution in [2.75, 3.05) is 32.8 Å². The van der Waals surface area contributed by atoms with Crippen molar-refractivity contribution in [1.29, 1.82) is 0 Å². The Kier molecular flexibility index (Phi) is 5.80. The van der Waals surface area contributed by atoms with Crippen LogP contribution < -0.4 is 0 Å². The van der Waals surface area contributed by atoms with E-state index >= 15 is 0 Å². The lowest BCUT2D eigenvalue weighted by Gasteiger charge is -2.42. The second-order valence-corrected chi connectivity index (χ2v) is 6.49. The van der Waals surface area contributed by atoms with Crippen molar-refractivity contribution < 1.29 is 5.11 Å². The SMILES string of the molecule is CCN1CCN(C(CO)c2ccc(C(C)C)cc2)CC1C. The third kappa shape index (κ3) is 3.85. The lowest BCUT2D eigenvalue weighted by atomic mass is 9.98. The molecule has 1 aromatic carbocycles. The van der Waals surface area contributed by atoms with Gasteiger partial charge in [0.2, 0.25) is 0 Å². The first-order valence-electron chi connectivity index (χ1n) is 8.25. The highest BCUT2D eigenvalue weighted by Gasteiger charge is 2.28. The van der Waals surface area contributed by atoms with Gasteiger partial charge in [0.05, 0.1) is 12.6 Å². The Morgan fingerprint density at radius 3 is 2.24 bits per heavy atom. The van der Waals surface area contributed by atoms with E-state index in [1.165, 1.54) is 11.1 Å². The van der Waals surface area contributed by atoms with Gasteiger partial charge in [0.15, 0.2) is 0 Å². The van der Waals surface area contributed by atoms with E-state index in [-0.39, 0.29) is 12.6 Å². The summed E-state index contributed by atoms with van der Waals surface area (Å²) in [7, 11) is 0. The van der Waals surface area contributed by atoms with E-state index in [1.807, 2.05) is 0 Å². The van der Waals surface area contributed by atoms with Crippen LogP contribution in [0.25, 0.3) is 0 Å². The number of piperazine rings is 1. The number of nitrogens with zero attached hydrogens (tertiary/aromatic N) is 2. The van der Waals surface area contributed by atoms with E-state index in [9.17, 15) is 5.11 Å². The first kappa shape index (κ1) is 16.5. The van der Waals surface area contributed by atoms with E-state index in [1.54, 1.807) is 0 Å². The Hall–Kier alpha value is -0.900. The maximum atomic E-state index is 9.86. The van der Waals surface area contributed by atoms with Crippen molar-refractivity contribution in [2.45, 2.75) is 45.7 Å². The third-order valence-corrected chi connectivity index (χ3v) is 4.80. The molecular weight excluding hydrogens is 260 g/mol. The van der Waals surface area contributed by atoms with Gasteiger partial charge in [-0.25, -0.2) is 0 Å². The largest absolute Gasteiger partial charge is 0.394 e. The molecule has 0 aromatic heterocycles. The van der Waals surface area contributed by atoms with Gasteiger partial charge in [-0.1, -0.05) is 45.0 Å². The normalized spacial score (nSPS) is 22.7. The maximum absolute atomic E-state index is 9.86. The van der Waals surface area contributed by atoms with Crippen LogP contribution in [0.3, 0.4) is 0 Å². The average Bonchev–Trinajstić information content (AvgIpc) is 2.49. The molecule has 1 aliphatic heterocycles. The van der Waals surface area contributed by atoms with Gasteiger partial charge in [-0.05, 0) is 30.5 Å². The molecule has 2 rings (SSSR count). The van der Waals surface area contributed by atoms with Crippen LogP contribution in [-0.4, -0.2) is 53.7 Å². The Morgan fingerprint density at radius 2 is 1.76 bits per heavy atom. The first-order valence-corrected chi connectivity index (χ1v) is 8.25. The summed E-state index contributed by atoms with van der Waals surface area (Å²) in [5.74, 6) is 0.555. The summed E-state index contributed by atoms with van der Waals surface area (Å²) in [6.45, 7) is 13.4. The fraction of sp³-hybridized carbons (Fsp3) is 0.667. The lowest BCUT2D eigenvalue weighted by Crippen LogP contribution is -2.53. The molecule has 0 aliphatic carbocycles. The Morgan fingerprint density at radius 1 is 1.14 bits per heavy atom. The molecule has 0 saturated carbocycles. The molecular formula is C18H30N2O. The van der Waals surface area contributed by atoms with Crippen molar-refractivity contribution >= 4 is 0 Å². The van der Waals surface area contributed by atoms with Gasteiger partial charge < -0.3 is 5.11 Å². The zero-order chi connectivity index (χ0) is 15.4. The Balaban J connectivity index is 2.09. The number of likely N-dealkylation sites (N-methyl/N-ethyl adjacent to an activating group) is 1. The van der Waals surface area contributed by atoms with Crippen molar-refractivity contribution in [3.05, 3.63) is 35.4 Å². The summed E-state index contributed by atoms with van der Waals surface area (Å²) in [6, 6.07) is 9.48. The summed E-state index contributed by atoms with van der Waals surface area (Å²) in [4.78, 5) is 4.94. The van der Waals surface area contributed by atoms with Gasteiger partial charge in [0.1, 0.15) is 0 Å². The van der Waals surface area contributed by atoms with Crippen LogP contribution in [0.4, 0.5) is 0 Å². The number of benzene rings is 1. The molecule has 1 heterocycles. The molecule has 3 heteroatoms. The van der Waals surface area contributed by atoms with Gasteiger partial charge >= 0.3 is 0 Å². The number of hydrogen-bond acceptors (Lipinski definition) is 3. The molecule has 1 aliphatic rings. The fourth-order valence-corrected chi connectivity index (χ4v) is 3.31. The Labute approximate surface area is 129 Å². The molecule has 0 bridgehead atoms. The molecule has 1 aromatic rings. The standard InChI is InChI=1S/C18H30N2O/c1-5-19-10-11-20(12-15(19)4)18(13-21)17-8-6-16(7-9-17)14(2)3/h6-9,14-15,18,21H,5,10-13H2,1-4H3. The Bertz CT molecular complexity index is 429. The summed E-state index contributed by atoms with van der Waals surface area (Å²) >= 11 is 0. The molecule has 3 nitrogen and oxygen atoms in total. The predicted octanol–water partition coefficient (Wildman–Crippen LogP) is 2.87. The van der Waals surface area contributed by atoms with Crippen molar-refractivity contribution in [3.8, 4) is 0 Å². The zero-order valence-corrected chi connectivity index (χ0v) is 13.9. The van der Waals surface area contributed by atoms with E-state index in [4.69, 9.17) is 0 Å². The third-order valence-electron chi connectivity index (χ3n) is 4.80. The smallest absolute Gasteiger partial charge is 0.0628 e. The van der Waals surface area contributed by atoms with Gasteiger partial charge in [-0.3, -0.25) is 9.80 Å². The van der Waals surface area contributed by atoms with Gasteiger partial charge in [0.25, 0.3) is 0 Å². The van der Waals surface area contributed by atoms with Crippen LogP contribution in [-0.2, 0) is 0 Å². The number of aliphatic hydroxyl groups excluding tert-OH is 1. The molecule has 2 unspecified atom stereocenters. The van der Waals surface area contributed by atoms with Crippen LogP contribution >= 0.6 is 0 Å². The zero-order valence-electron chi connectivity index (χ0n) is 13.9. The molecule has 1 N–H and O–H groups in total. The van der Waals surface area contributed by atoms with Crippen molar-refractivity contribution in [1.82, 2.24) is 9.80 Å². The van der Waals surface area contributed by atoms with E-state index in [0.29, 0.717) is 12.0 Å². The maximum Gasteiger partial charge on any atom is 0.0628 e. The first-order chi connectivity index (χ1) is 10.1. The monoisotopic (exact) mass is 290 g/mol. The van der Waals surface area contributed by atoms with Gasteiger partial charge in [-0.2, -0.15) is 0 Å². The molecule has 0 radical (unpaired) electrons. The van der Waals surface area contributed by atoms with Gasteiger partial charge in [-0.15, -0.1) is 0 Å². The second kappa shape index (κ2) is 7.39. The van der Waals surface area contributed by atoms with Crippen molar-refractivity contribution in [2.24, 2.45) is 0 Å². The summed E-state index contributed by atoms with van der Waals surface area (Å²) in [5, 5.41) is 9.86. The summed E-state index contributed by atoms with van der Waals surface area (Å²) in [5.41, 5.74) is 2.60. The molecule has 0 spiro atoms. The minimum Gasteiger partial charge on any atom is -0.394 e. The highest BCUT2D eigenvalue weighted by atomic mass is 16.3. The predicted molar refractivity (Wildman–Crippen MR) is 88.6 cm³/mol. The van der Waals surface area contributed by atoms with Crippen LogP contribution in [0.5, 0.6) is 0 Å². The van der Waals surface area contributed by atoms with Crippen LogP contribution in [0.15, 0.2) is 24.3 Å². The van der Waals surface area contributed by atoms with Gasteiger partial charge in [0, 0.05) is 25.7 Å². The number of aliphatic hydroxyl groups is 1. The topological polar surface area (TPSA) is 26.7 Å². The van der Waals surface area contributed by atoms with Crippen molar-refractivity contribution in [3.63, 3.8) is 0 Å². The second-order valence-electron chi connectivity index (χ2n) is 6.49. The molecule has 1 fully saturated rings. The van der Waals surface area contributed by atoms with Crippen LogP contribution in [0.1, 0.15) is 50.8 Å². The quantitative estimate of drug-likeness (QED) is 0.903. The minimum atomic E-state index is 0.132. The minimum absolute atomic E-state index is 0.132. The fourth-order valence-electron chi connectivity index (χ4n) is 3.31. The highest BCUT2D eigenvalue weighted by Crippen LogP contribution is 2.25. The lowest BCUT2D eigenvalue weighted by molar-refractivity contribution is 0.0367. The van der Waals surface area contributed by atoms with E-state index in [0.717, 1.165) is 26.2 Å². The molecule has 0 amide bonds. The molecule has 2 atom stereocenters.